The summed E-state index contributed by atoms with van der Waals surface area (Å²) in [5.74, 6) is -2.29. The van der Waals surface area contributed by atoms with E-state index < -0.39 is 29.7 Å². The molecule has 0 fully saturated rings. The van der Waals surface area contributed by atoms with E-state index in [2.05, 4.69) is 20.9 Å². The highest BCUT2D eigenvalue weighted by Gasteiger charge is 2.30. The first-order chi connectivity index (χ1) is 15.9. The summed E-state index contributed by atoms with van der Waals surface area (Å²) in [6, 6.07) is 11.3. The zero-order valence-corrected chi connectivity index (χ0v) is 18.0. The van der Waals surface area contributed by atoms with Gasteiger partial charge in [-0.25, -0.2) is 9.87 Å². The topological polar surface area (TPSA) is 132 Å². The van der Waals surface area contributed by atoms with Crippen molar-refractivity contribution in [1.82, 2.24) is 21.4 Å². The van der Waals surface area contributed by atoms with Crippen LogP contribution in [0.1, 0.15) is 29.9 Å². The van der Waals surface area contributed by atoms with E-state index in [1.165, 1.54) is 24.7 Å². The van der Waals surface area contributed by atoms with Crippen LogP contribution in [0.3, 0.4) is 0 Å². The number of hydrogen-bond acceptors (Lipinski definition) is 6. The molecule has 9 nitrogen and oxygen atoms in total. The van der Waals surface area contributed by atoms with Crippen molar-refractivity contribution in [1.29, 1.82) is 0 Å². The molecule has 0 bridgehead atoms. The highest BCUT2D eigenvalue weighted by molar-refractivity contribution is 5.93. The van der Waals surface area contributed by atoms with E-state index in [0.717, 1.165) is 11.3 Å². The minimum Gasteiger partial charge on any atom is -0.357 e. The molecule has 0 radical (unpaired) electrons. The summed E-state index contributed by atoms with van der Waals surface area (Å²) < 4.78 is 13.1. The standard InChI is InChI=1S/C23H26FN5O4/c1-25-22(31)20(10-15-13-27-18-5-3-2-4-17(15)18)28-23(32)19(11-21(30)29-33)26-12-14-6-8-16(24)9-7-14/h2-9,13,15,19-20,26,33H,10-12H2,1H3,(H,25,31)(H,28,32)(H,29,30)/t15?,19-,20?/m1/s1/i24-1. The van der Waals surface area contributed by atoms with Gasteiger partial charge in [0.25, 0.3) is 0 Å². The molecule has 2 aromatic carbocycles. The number of nitrogens with one attached hydrogen (secondary N) is 4. The van der Waals surface area contributed by atoms with Crippen molar-refractivity contribution < 1.29 is 24.0 Å². The van der Waals surface area contributed by atoms with Crippen LogP contribution in [0.4, 0.5) is 10.1 Å². The number of carbonyl (C=O) groups excluding carboxylic acids is 3. The van der Waals surface area contributed by atoms with Crippen molar-refractivity contribution in [2.45, 2.75) is 37.4 Å². The second-order valence-corrected chi connectivity index (χ2v) is 7.65. The molecule has 0 aliphatic carbocycles. The molecule has 1 heterocycles. The second kappa shape index (κ2) is 11.3. The lowest BCUT2D eigenvalue weighted by atomic mass is 9.93. The molecule has 2 aromatic rings. The fourth-order valence-corrected chi connectivity index (χ4v) is 3.62. The SMILES string of the molecule is CNC(=O)C(CC1C=Nc2ccccc21)NC(=O)[C@@H](CC(=O)NO)NCc1ccc([18F])cc1. The van der Waals surface area contributed by atoms with Crippen LogP contribution in [0.5, 0.6) is 0 Å². The van der Waals surface area contributed by atoms with Crippen molar-refractivity contribution in [3.05, 3.63) is 65.5 Å². The number of para-hydroxylation sites is 1. The minimum atomic E-state index is -1.04. The highest BCUT2D eigenvalue weighted by Crippen LogP contribution is 2.34. The first-order valence-corrected chi connectivity index (χ1v) is 10.5. The van der Waals surface area contributed by atoms with E-state index in [9.17, 15) is 18.8 Å². The van der Waals surface area contributed by atoms with Crippen molar-refractivity contribution in [2.75, 3.05) is 7.05 Å². The number of amides is 3. The number of carbonyl (C=O) groups is 3. The number of rotatable bonds is 10. The van der Waals surface area contributed by atoms with Gasteiger partial charge in [-0.3, -0.25) is 24.6 Å². The van der Waals surface area contributed by atoms with Gasteiger partial charge in [0.2, 0.25) is 17.7 Å². The van der Waals surface area contributed by atoms with E-state index in [1.54, 1.807) is 18.3 Å². The summed E-state index contributed by atoms with van der Waals surface area (Å²) in [5.41, 5.74) is 3.99. The van der Waals surface area contributed by atoms with Crippen molar-refractivity contribution >= 4 is 29.6 Å². The van der Waals surface area contributed by atoms with Crippen LogP contribution in [-0.4, -0.2) is 48.3 Å². The lowest BCUT2D eigenvalue weighted by molar-refractivity contribution is -0.134. The van der Waals surface area contributed by atoms with Crippen molar-refractivity contribution in [3.8, 4) is 0 Å². The predicted octanol–water partition coefficient (Wildman–Crippen LogP) is 1.30. The van der Waals surface area contributed by atoms with Crippen LogP contribution in [-0.2, 0) is 20.9 Å². The van der Waals surface area contributed by atoms with Gasteiger partial charge < -0.3 is 16.0 Å². The Morgan fingerprint density at radius 2 is 1.79 bits per heavy atom. The second-order valence-electron chi connectivity index (χ2n) is 7.65. The highest BCUT2D eigenvalue weighted by atomic mass is 18.2. The first kappa shape index (κ1) is 24.0. The van der Waals surface area contributed by atoms with Gasteiger partial charge in [-0.05, 0) is 35.7 Å². The van der Waals surface area contributed by atoms with Crippen molar-refractivity contribution in [2.24, 2.45) is 4.99 Å². The maximum Gasteiger partial charge on any atom is 0.245 e. The quantitative estimate of drug-likeness (QED) is 0.273. The average Bonchev–Trinajstić information content (AvgIpc) is 3.24. The number of benzene rings is 2. The Balaban J connectivity index is 1.70. The number of fused-ring (bicyclic) bond motifs is 1. The smallest absolute Gasteiger partial charge is 0.245 e. The van der Waals surface area contributed by atoms with Gasteiger partial charge in [-0.1, -0.05) is 30.3 Å². The number of halogens is 1. The van der Waals surface area contributed by atoms with Crippen molar-refractivity contribution in [3.63, 3.8) is 0 Å². The molecular weight excluding hydrogens is 428 g/mol. The van der Waals surface area contributed by atoms with Gasteiger partial charge in [-0.2, -0.15) is 0 Å². The molecule has 0 spiro atoms. The Hall–Kier alpha value is -3.63. The van der Waals surface area contributed by atoms with Gasteiger partial charge in [-0.15, -0.1) is 0 Å². The van der Waals surface area contributed by atoms with Gasteiger partial charge in [0, 0.05) is 25.7 Å². The lowest BCUT2D eigenvalue weighted by Crippen LogP contribution is -2.53. The fraction of sp³-hybridized carbons (Fsp3) is 0.304. The number of nitrogens with zero attached hydrogens (tertiary/aromatic N) is 1. The number of hydroxylamine groups is 1. The van der Waals surface area contributed by atoms with E-state index in [-0.39, 0.29) is 31.2 Å². The molecular formula is C23H26FN5O4. The zero-order valence-electron chi connectivity index (χ0n) is 18.0. The largest absolute Gasteiger partial charge is 0.357 e. The Morgan fingerprint density at radius 1 is 1.06 bits per heavy atom. The molecule has 5 N–H and O–H groups in total. The van der Waals surface area contributed by atoms with Crippen LogP contribution < -0.4 is 21.4 Å². The summed E-state index contributed by atoms with van der Waals surface area (Å²) in [6.45, 7) is 0.171. The van der Waals surface area contributed by atoms with Crippen LogP contribution in [0, 0.1) is 5.82 Å². The lowest BCUT2D eigenvalue weighted by Gasteiger charge is -2.24. The molecule has 2 unspecified atom stereocenters. The maximum absolute atomic E-state index is 13.1. The third kappa shape index (κ3) is 6.43. The van der Waals surface area contributed by atoms with E-state index in [0.29, 0.717) is 5.56 Å². The number of likely N-dealkylation sites (N-methyl/N-ethyl adjacent to an activating group) is 1. The predicted molar refractivity (Wildman–Crippen MR) is 120 cm³/mol. The number of aliphatic imine (C=N–C) groups is 1. The average molecular weight is 454 g/mol. The summed E-state index contributed by atoms with van der Waals surface area (Å²) in [5, 5.41) is 17.1. The van der Waals surface area contributed by atoms with E-state index >= 15 is 0 Å². The zero-order chi connectivity index (χ0) is 23.8. The molecule has 3 atom stereocenters. The molecule has 0 saturated carbocycles. The molecule has 3 rings (SSSR count). The molecule has 174 valence electrons. The Morgan fingerprint density at radius 3 is 2.48 bits per heavy atom. The summed E-state index contributed by atoms with van der Waals surface area (Å²) in [7, 11) is 1.47. The minimum absolute atomic E-state index is 0.157. The molecule has 3 amide bonds. The van der Waals surface area contributed by atoms with Gasteiger partial charge in [0.1, 0.15) is 11.9 Å². The molecule has 1 aliphatic heterocycles. The first-order valence-electron chi connectivity index (χ1n) is 10.5. The van der Waals surface area contributed by atoms with Crippen LogP contribution in [0.2, 0.25) is 0 Å². The van der Waals surface area contributed by atoms with E-state index in [1.807, 2.05) is 24.3 Å². The molecule has 33 heavy (non-hydrogen) atoms. The Bertz CT molecular complexity index is 1030. The van der Waals surface area contributed by atoms with Gasteiger partial charge >= 0.3 is 0 Å². The molecule has 0 aromatic heterocycles. The fourth-order valence-electron chi connectivity index (χ4n) is 3.62. The van der Waals surface area contributed by atoms with Gasteiger partial charge in [0.15, 0.2) is 0 Å². The summed E-state index contributed by atoms with van der Waals surface area (Å²) in [6.07, 6.45) is 1.66. The van der Waals surface area contributed by atoms with Crippen LogP contribution in [0.25, 0.3) is 0 Å². The summed E-state index contributed by atoms with van der Waals surface area (Å²) >= 11 is 0. The summed E-state index contributed by atoms with van der Waals surface area (Å²) in [4.78, 5) is 41.6. The van der Waals surface area contributed by atoms with Gasteiger partial charge in [0.05, 0.1) is 18.2 Å². The van der Waals surface area contributed by atoms with E-state index in [4.69, 9.17) is 5.21 Å². The molecule has 0 saturated heterocycles. The number of hydrogen-bond donors (Lipinski definition) is 5. The third-order valence-corrected chi connectivity index (χ3v) is 5.40. The van der Waals surface area contributed by atoms with Crippen LogP contribution in [0.15, 0.2) is 53.5 Å². The Kier molecular flexibility index (Phi) is 8.22. The molecule has 10 heteroatoms. The normalized spacial score (nSPS) is 15.9. The van der Waals surface area contributed by atoms with Crippen LogP contribution >= 0.6 is 0 Å². The Labute approximate surface area is 190 Å². The third-order valence-electron chi connectivity index (χ3n) is 5.40. The maximum atomic E-state index is 13.1. The molecule has 1 aliphatic rings. The monoisotopic (exact) mass is 454 g/mol.